The van der Waals surface area contributed by atoms with E-state index in [9.17, 15) is 14.4 Å². The smallest absolute Gasteiger partial charge is 0.267 e. The highest BCUT2D eigenvalue weighted by atomic mass is 32.1. The van der Waals surface area contributed by atoms with Crippen molar-refractivity contribution in [1.82, 2.24) is 14.7 Å². The fourth-order valence-corrected chi connectivity index (χ4v) is 3.82. The molecule has 0 fully saturated rings. The summed E-state index contributed by atoms with van der Waals surface area (Å²) in [6.07, 6.45) is 0. The monoisotopic (exact) mass is 424 g/mol. The van der Waals surface area contributed by atoms with Crippen molar-refractivity contribution in [3.8, 4) is 10.6 Å². The number of aromatic nitrogens is 2. The highest BCUT2D eigenvalue weighted by Gasteiger charge is 2.13. The average Bonchev–Trinajstić information content (AvgIpc) is 3.17. The van der Waals surface area contributed by atoms with Gasteiger partial charge >= 0.3 is 0 Å². The lowest BCUT2D eigenvalue weighted by Crippen LogP contribution is -2.30. The molecule has 0 aliphatic rings. The molecule has 0 spiro atoms. The largest absolute Gasteiger partial charge is 0.339 e. The minimum atomic E-state index is -0.369. The van der Waals surface area contributed by atoms with Gasteiger partial charge in [0.2, 0.25) is 5.91 Å². The number of carbonyl (C=O) groups excluding carboxylic acids is 2. The SMILES string of the molecule is CCN(CC)C(=O)c1ccc(NC(=O)Cn2nc(-c3ccc(C)s3)ccc2=O)cc1. The highest BCUT2D eigenvalue weighted by molar-refractivity contribution is 7.15. The maximum Gasteiger partial charge on any atom is 0.267 e. The predicted molar refractivity (Wildman–Crippen MR) is 119 cm³/mol. The van der Waals surface area contributed by atoms with E-state index in [2.05, 4.69) is 10.4 Å². The maximum atomic E-state index is 12.4. The second kappa shape index (κ2) is 9.49. The molecule has 2 heterocycles. The molecule has 0 bridgehead atoms. The van der Waals surface area contributed by atoms with Crippen LogP contribution in [0.25, 0.3) is 10.6 Å². The van der Waals surface area contributed by atoms with Crippen molar-refractivity contribution < 1.29 is 9.59 Å². The van der Waals surface area contributed by atoms with Gasteiger partial charge in [-0.1, -0.05) is 0 Å². The minimum Gasteiger partial charge on any atom is -0.339 e. The van der Waals surface area contributed by atoms with E-state index in [1.807, 2.05) is 32.9 Å². The number of benzene rings is 1. The van der Waals surface area contributed by atoms with Crippen LogP contribution in [0.2, 0.25) is 0 Å². The zero-order valence-electron chi connectivity index (χ0n) is 17.2. The fourth-order valence-electron chi connectivity index (χ4n) is 2.99. The van der Waals surface area contributed by atoms with Crippen LogP contribution in [0.1, 0.15) is 29.1 Å². The van der Waals surface area contributed by atoms with E-state index in [1.165, 1.54) is 6.07 Å². The van der Waals surface area contributed by atoms with E-state index in [4.69, 9.17) is 0 Å². The van der Waals surface area contributed by atoms with Crippen molar-refractivity contribution in [2.24, 2.45) is 0 Å². The first-order chi connectivity index (χ1) is 14.4. The van der Waals surface area contributed by atoms with Crippen LogP contribution in [0.4, 0.5) is 5.69 Å². The first-order valence-corrected chi connectivity index (χ1v) is 10.6. The molecule has 3 rings (SSSR count). The Balaban J connectivity index is 1.68. The summed E-state index contributed by atoms with van der Waals surface area (Å²) in [5.74, 6) is -0.416. The van der Waals surface area contributed by atoms with Crippen LogP contribution in [-0.4, -0.2) is 39.6 Å². The van der Waals surface area contributed by atoms with Crippen LogP contribution in [0.5, 0.6) is 0 Å². The van der Waals surface area contributed by atoms with E-state index in [-0.39, 0.29) is 23.9 Å². The summed E-state index contributed by atoms with van der Waals surface area (Å²) in [5, 5.41) is 7.06. The maximum absolute atomic E-state index is 12.4. The first-order valence-electron chi connectivity index (χ1n) is 9.75. The van der Waals surface area contributed by atoms with E-state index < -0.39 is 0 Å². The van der Waals surface area contributed by atoms with Crippen molar-refractivity contribution in [3.05, 3.63) is 69.3 Å². The summed E-state index contributed by atoms with van der Waals surface area (Å²) in [6.45, 7) is 6.94. The molecule has 0 aliphatic heterocycles. The number of aryl methyl sites for hydroxylation is 1. The molecule has 0 radical (unpaired) electrons. The molecule has 2 amide bonds. The number of hydrogen-bond acceptors (Lipinski definition) is 5. The summed E-state index contributed by atoms with van der Waals surface area (Å²) in [6, 6.07) is 13.7. The normalized spacial score (nSPS) is 10.6. The molecule has 2 aromatic heterocycles. The van der Waals surface area contributed by atoms with Gasteiger partial charge in [0.25, 0.3) is 11.5 Å². The molecule has 1 aromatic carbocycles. The lowest BCUT2D eigenvalue weighted by atomic mass is 10.1. The van der Waals surface area contributed by atoms with Gasteiger partial charge in [0.1, 0.15) is 12.2 Å². The number of nitrogens with zero attached hydrogens (tertiary/aromatic N) is 3. The fraction of sp³-hybridized carbons (Fsp3) is 0.273. The quantitative estimate of drug-likeness (QED) is 0.630. The number of amides is 2. The summed E-state index contributed by atoms with van der Waals surface area (Å²) in [7, 11) is 0. The van der Waals surface area contributed by atoms with Crippen molar-refractivity contribution in [2.75, 3.05) is 18.4 Å². The second-order valence-electron chi connectivity index (χ2n) is 6.73. The van der Waals surface area contributed by atoms with E-state index in [0.717, 1.165) is 14.4 Å². The topological polar surface area (TPSA) is 84.3 Å². The minimum absolute atomic E-state index is 0.0470. The lowest BCUT2D eigenvalue weighted by molar-refractivity contribution is -0.117. The van der Waals surface area contributed by atoms with Crippen LogP contribution < -0.4 is 10.9 Å². The number of carbonyl (C=O) groups is 2. The van der Waals surface area contributed by atoms with Gasteiger partial charge in [-0.25, -0.2) is 4.68 Å². The molecular formula is C22H24N4O3S. The van der Waals surface area contributed by atoms with Crippen molar-refractivity contribution in [3.63, 3.8) is 0 Å². The lowest BCUT2D eigenvalue weighted by Gasteiger charge is -2.18. The van der Waals surface area contributed by atoms with Gasteiger partial charge in [0.05, 0.1) is 4.88 Å². The number of rotatable bonds is 7. The summed E-state index contributed by atoms with van der Waals surface area (Å²) in [5.41, 5.74) is 1.42. The molecule has 156 valence electrons. The standard InChI is InChI=1S/C22H24N4O3S/c1-4-25(5-2)22(29)16-7-9-17(10-8-16)23-20(27)14-26-21(28)13-11-18(24-26)19-12-6-15(3)30-19/h6-13H,4-5,14H2,1-3H3,(H,23,27). The van der Waals surface area contributed by atoms with Gasteiger partial charge in [0, 0.05) is 35.3 Å². The molecule has 30 heavy (non-hydrogen) atoms. The molecular weight excluding hydrogens is 400 g/mol. The Bertz CT molecular complexity index is 1100. The Morgan fingerprint density at radius 3 is 2.33 bits per heavy atom. The Kier molecular flexibility index (Phi) is 6.79. The highest BCUT2D eigenvalue weighted by Crippen LogP contribution is 2.25. The van der Waals surface area contributed by atoms with Gasteiger partial charge in [-0.15, -0.1) is 11.3 Å². The van der Waals surface area contributed by atoms with Crippen molar-refractivity contribution >= 4 is 28.8 Å². The van der Waals surface area contributed by atoms with E-state index in [1.54, 1.807) is 46.6 Å². The molecule has 0 saturated carbocycles. The van der Waals surface area contributed by atoms with Crippen LogP contribution in [0, 0.1) is 6.92 Å². The van der Waals surface area contributed by atoms with Crippen molar-refractivity contribution in [2.45, 2.75) is 27.3 Å². The molecule has 3 aromatic rings. The Labute approximate surface area is 179 Å². The third kappa shape index (κ3) is 5.01. The summed E-state index contributed by atoms with van der Waals surface area (Å²) >= 11 is 1.58. The molecule has 0 atom stereocenters. The number of anilines is 1. The van der Waals surface area contributed by atoms with Crippen LogP contribution in [-0.2, 0) is 11.3 Å². The van der Waals surface area contributed by atoms with Gasteiger partial charge in [-0.2, -0.15) is 5.10 Å². The molecule has 0 aliphatic carbocycles. The zero-order chi connectivity index (χ0) is 21.7. The molecule has 7 nitrogen and oxygen atoms in total. The number of hydrogen-bond donors (Lipinski definition) is 1. The molecule has 0 saturated heterocycles. The summed E-state index contributed by atoms with van der Waals surface area (Å²) in [4.78, 5) is 40.7. The van der Waals surface area contributed by atoms with Crippen LogP contribution in [0.15, 0.2) is 53.3 Å². The van der Waals surface area contributed by atoms with Gasteiger partial charge in [0.15, 0.2) is 0 Å². The molecule has 8 heteroatoms. The second-order valence-corrected chi connectivity index (χ2v) is 8.02. The van der Waals surface area contributed by atoms with E-state index >= 15 is 0 Å². The Hall–Kier alpha value is -3.26. The van der Waals surface area contributed by atoms with Crippen LogP contribution in [0.3, 0.4) is 0 Å². The van der Waals surface area contributed by atoms with E-state index in [0.29, 0.717) is 30.0 Å². The predicted octanol–water partition coefficient (Wildman–Crippen LogP) is 3.40. The third-order valence-electron chi connectivity index (χ3n) is 4.62. The Morgan fingerprint density at radius 2 is 1.73 bits per heavy atom. The van der Waals surface area contributed by atoms with Crippen molar-refractivity contribution in [1.29, 1.82) is 0 Å². The molecule has 1 N–H and O–H groups in total. The van der Waals surface area contributed by atoms with Gasteiger partial charge in [-0.3, -0.25) is 14.4 Å². The first kappa shape index (κ1) is 21.4. The average molecular weight is 425 g/mol. The molecule has 0 unspecified atom stereocenters. The summed E-state index contributed by atoms with van der Waals surface area (Å²) < 4.78 is 1.15. The zero-order valence-corrected chi connectivity index (χ0v) is 18.0. The van der Waals surface area contributed by atoms with Gasteiger partial charge < -0.3 is 10.2 Å². The third-order valence-corrected chi connectivity index (χ3v) is 5.64. The number of nitrogens with one attached hydrogen (secondary N) is 1. The Morgan fingerprint density at radius 1 is 1.03 bits per heavy atom. The van der Waals surface area contributed by atoms with Gasteiger partial charge in [-0.05, 0) is 63.2 Å². The van der Waals surface area contributed by atoms with Crippen LogP contribution >= 0.6 is 11.3 Å². The number of thiophene rings is 1.